The third-order valence-corrected chi connectivity index (χ3v) is 6.09. The van der Waals surface area contributed by atoms with Gasteiger partial charge in [-0.3, -0.25) is 0 Å². The molecule has 0 aromatic heterocycles. The van der Waals surface area contributed by atoms with E-state index in [1.807, 2.05) is 37.3 Å². The molecule has 0 spiro atoms. The van der Waals surface area contributed by atoms with E-state index in [0.29, 0.717) is 51.7 Å². The van der Waals surface area contributed by atoms with Gasteiger partial charge >= 0.3 is 0 Å². The van der Waals surface area contributed by atoms with E-state index >= 15 is 4.39 Å². The first-order valence-corrected chi connectivity index (χ1v) is 11.3. The highest BCUT2D eigenvalue weighted by Crippen LogP contribution is 2.32. The molecule has 4 aromatic carbocycles. The standard InChI is InChI=1S/C28H24ClF3/c1-2-3-4-19-15-25(30)27(26(31)16-19)22-11-14-24-21(17-22)10-9-20(28(24)32)8-5-18-6-12-23(29)13-7-18/h6-7,9-17H,2-5,8H2,1H3. The third-order valence-electron chi connectivity index (χ3n) is 5.84. The summed E-state index contributed by atoms with van der Waals surface area (Å²) >= 11 is 5.92. The predicted molar refractivity (Wildman–Crippen MR) is 127 cm³/mol. The van der Waals surface area contributed by atoms with Gasteiger partial charge in [0.2, 0.25) is 0 Å². The summed E-state index contributed by atoms with van der Waals surface area (Å²) in [5, 5.41) is 1.73. The maximum atomic E-state index is 15.1. The summed E-state index contributed by atoms with van der Waals surface area (Å²) in [7, 11) is 0. The minimum absolute atomic E-state index is 0.0700. The van der Waals surface area contributed by atoms with Crippen molar-refractivity contribution in [2.75, 3.05) is 0 Å². The molecule has 0 heterocycles. The Kier molecular flexibility index (Phi) is 6.86. The van der Waals surface area contributed by atoms with Gasteiger partial charge in [-0.15, -0.1) is 0 Å². The summed E-state index contributed by atoms with van der Waals surface area (Å²) in [6, 6.07) is 18.7. The first-order chi connectivity index (χ1) is 15.5. The Morgan fingerprint density at radius 3 is 2.12 bits per heavy atom. The molecular formula is C28H24ClF3. The lowest BCUT2D eigenvalue weighted by molar-refractivity contribution is 0.584. The number of aryl methyl sites for hydroxylation is 3. The van der Waals surface area contributed by atoms with Crippen LogP contribution in [0, 0.1) is 17.5 Å². The van der Waals surface area contributed by atoms with Crippen LogP contribution in [0.1, 0.15) is 36.5 Å². The zero-order chi connectivity index (χ0) is 22.7. The van der Waals surface area contributed by atoms with Gasteiger partial charge < -0.3 is 0 Å². The Morgan fingerprint density at radius 1 is 0.719 bits per heavy atom. The maximum Gasteiger partial charge on any atom is 0.134 e. The van der Waals surface area contributed by atoms with E-state index in [2.05, 4.69) is 0 Å². The third kappa shape index (κ3) is 4.83. The van der Waals surface area contributed by atoms with Crippen molar-refractivity contribution in [3.63, 3.8) is 0 Å². The lowest BCUT2D eigenvalue weighted by Crippen LogP contribution is -1.97. The van der Waals surface area contributed by atoms with Gasteiger partial charge in [0.1, 0.15) is 17.5 Å². The van der Waals surface area contributed by atoms with Crippen molar-refractivity contribution >= 4 is 22.4 Å². The molecule has 0 radical (unpaired) electrons. The molecule has 0 fully saturated rings. The fraction of sp³-hybridized carbons (Fsp3) is 0.214. The Morgan fingerprint density at radius 2 is 1.44 bits per heavy atom. The second-order valence-electron chi connectivity index (χ2n) is 8.14. The molecule has 0 N–H and O–H groups in total. The Bertz CT molecular complexity index is 1220. The molecule has 0 saturated heterocycles. The molecule has 4 aromatic rings. The predicted octanol–water partition coefficient (Wildman–Crippen LogP) is 8.71. The van der Waals surface area contributed by atoms with E-state index in [4.69, 9.17) is 11.6 Å². The molecule has 4 rings (SSSR count). The van der Waals surface area contributed by atoms with E-state index in [-0.39, 0.29) is 11.4 Å². The van der Waals surface area contributed by atoms with Gasteiger partial charge in [0.05, 0.1) is 5.56 Å². The molecule has 0 aliphatic rings. The van der Waals surface area contributed by atoms with E-state index in [0.717, 1.165) is 18.4 Å². The quantitative estimate of drug-likeness (QED) is 0.263. The van der Waals surface area contributed by atoms with E-state index in [9.17, 15) is 8.78 Å². The summed E-state index contributed by atoms with van der Waals surface area (Å²) in [6.07, 6.45) is 3.73. The molecule has 0 saturated carbocycles. The maximum absolute atomic E-state index is 15.1. The number of hydrogen-bond donors (Lipinski definition) is 0. The smallest absolute Gasteiger partial charge is 0.134 e. The molecule has 164 valence electrons. The minimum atomic E-state index is -0.587. The molecule has 0 nitrogen and oxygen atoms in total. The molecule has 0 atom stereocenters. The SMILES string of the molecule is CCCCc1cc(F)c(-c2ccc3c(F)c(CCc4ccc(Cl)cc4)ccc3c2)c(F)c1. The molecule has 0 bridgehead atoms. The summed E-state index contributed by atoms with van der Waals surface area (Å²) in [6.45, 7) is 2.04. The van der Waals surface area contributed by atoms with Crippen LogP contribution in [0.2, 0.25) is 5.02 Å². The van der Waals surface area contributed by atoms with Crippen LogP contribution in [0.3, 0.4) is 0 Å². The fourth-order valence-corrected chi connectivity index (χ4v) is 4.17. The van der Waals surface area contributed by atoms with Crippen molar-refractivity contribution in [3.8, 4) is 11.1 Å². The second kappa shape index (κ2) is 9.79. The topological polar surface area (TPSA) is 0 Å². The van der Waals surface area contributed by atoms with Gasteiger partial charge in [-0.2, -0.15) is 0 Å². The number of fused-ring (bicyclic) bond motifs is 1. The molecule has 0 aliphatic heterocycles. The normalized spacial score (nSPS) is 11.3. The van der Waals surface area contributed by atoms with Crippen molar-refractivity contribution in [2.45, 2.75) is 39.0 Å². The summed E-state index contributed by atoms with van der Waals surface area (Å²) < 4.78 is 44.6. The van der Waals surface area contributed by atoms with Crippen LogP contribution in [0.25, 0.3) is 21.9 Å². The van der Waals surface area contributed by atoms with Crippen molar-refractivity contribution in [1.29, 1.82) is 0 Å². The summed E-state index contributed by atoms with van der Waals surface area (Å²) in [4.78, 5) is 0. The highest BCUT2D eigenvalue weighted by molar-refractivity contribution is 6.30. The molecular weight excluding hydrogens is 429 g/mol. The first kappa shape index (κ1) is 22.4. The van der Waals surface area contributed by atoms with Crippen LogP contribution in [0.15, 0.2) is 66.7 Å². The van der Waals surface area contributed by atoms with Crippen LogP contribution in [-0.4, -0.2) is 0 Å². The van der Waals surface area contributed by atoms with Gasteiger partial charge in [-0.25, -0.2) is 13.2 Å². The zero-order valence-corrected chi connectivity index (χ0v) is 18.7. The lowest BCUT2D eigenvalue weighted by atomic mass is 9.95. The van der Waals surface area contributed by atoms with Gasteiger partial charge in [-0.05, 0) is 83.7 Å². The van der Waals surface area contributed by atoms with Crippen LogP contribution in [0.4, 0.5) is 13.2 Å². The van der Waals surface area contributed by atoms with Crippen LogP contribution >= 0.6 is 11.6 Å². The molecule has 32 heavy (non-hydrogen) atoms. The van der Waals surface area contributed by atoms with E-state index in [1.165, 1.54) is 12.1 Å². The number of benzene rings is 4. The van der Waals surface area contributed by atoms with Gasteiger partial charge in [0, 0.05) is 10.4 Å². The monoisotopic (exact) mass is 452 g/mol. The number of unbranched alkanes of at least 4 members (excludes halogenated alkanes) is 1. The van der Waals surface area contributed by atoms with Crippen LogP contribution in [-0.2, 0) is 19.3 Å². The molecule has 0 amide bonds. The average molecular weight is 453 g/mol. The highest BCUT2D eigenvalue weighted by atomic mass is 35.5. The average Bonchev–Trinajstić information content (AvgIpc) is 2.78. The van der Waals surface area contributed by atoms with E-state index < -0.39 is 11.6 Å². The summed E-state index contributed by atoms with van der Waals surface area (Å²) in [5.74, 6) is -1.47. The second-order valence-corrected chi connectivity index (χ2v) is 8.58. The van der Waals surface area contributed by atoms with Crippen LogP contribution < -0.4 is 0 Å². The van der Waals surface area contributed by atoms with Crippen molar-refractivity contribution < 1.29 is 13.2 Å². The van der Waals surface area contributed by atoms with Gasteiger partial charge in [0.25, 0.3) is 0 Å². The Balaban J connectivity index is 1.61. The summed E-state index contributed by atoms with van der Waals surface area (Å²) in [5.41, 5.74) is 2.68. The molecule has 0 unspecified atom stereocenters. The zero-order valence-electron chi connectivity index (χ0n) is 17.9. The number of rotatable bonds is 7. The molecule has 0 aliphatic carbocycles. The number of hydrogen-bond acceptors (Lipinski definition) is 0. The van der Waals surface area contributed by atoms with Crippen molar-refractivity contribution in [1.82, 2.24) is 0 Å². The number of halogens is 4. The van der Waals surface area contributed by atoms with Gasteiger partial charge in [0.15, 0.2) is 0 Å². The van der Waals surface area contributed by atoms with Crippen molar-refractivity contribution in [3.05, 3.63) is 106 Å². The Hall–Kier alpha value is -2.78. The molecule has 4 heteroatoms. The Labute approximate surface area is 191 Å². The minimum Gasteiger partial charge on any atom is -0.206 e. The van der Waals surface area contributed by atoms with Crippen molar-refractivity contribution in [2.24, 2.45) is 0 Å². The van der Waals surface area contributed by atoms with Gasteiger partial charge in [-0.1, -0.05) is 61.3 Å². The lowest BCUT2D eigenvalue weighted by Gasteiger charge is -2.11. The van der Waals surface area contributed by atoms with E-state index in [1.54, 1.807) is 24.3 Å². The first-order valence-electron chi connectivity index (χ1n) is 10.9. The largest absolute Gasteiger partial charge is 0.206 e. The highest BCUT2D eigenvalue weighted by Gasteiger charge is 2.15. The van der Waals surface area contributed by atoms with Crippen LogP contribution in [0.5, 0.6) is 0 Å². The fourth-order valence-electron chi connectivity index (χ4n) is 4.04.